The van der Waals surface area contributed by atoms with Crippen LogP contribution >= 0.6 is 35.6 Å². The fourth-order valence-electron chi connectivity index (χ4n) is 2.72. The van der Waals surface area contributed by atoms with Crippen LogP contribution in [0.15, 0.2) is 39.7 Å². The third kappa shape index (κ3) is 4.76. The summed E-state index contributed by atoms with van der Waals surface area (Å²) in [5, 5.41) is 29.1. The molecule has 1 aromatic carbocycles. The number of carbonyl (C=O) groups excluding carboxylic acids is 1. The number of thioether (sulfide) groups is 1. The van der Waals surface area contributed by atoms with E-state index in [4.69, 9.17) is 33.3 Å². The minimum atomic E-state index is -1.64. The molecule has 0 saturated carbocycles. The second-order valence-electron chi connectivity index (χ2n) is 6.13. The van der Waals surface area contributed by atoms with Crippen molar-refractivity contribution in [1.29, 1.82) is 0 Å². The van der Waals surface area contributed by atoms with Gasteiger partial charge in [0.1, 0.15) is 21.9 Å². The summed E-state index contributed by atoms with van der Waals surface area (Å²) in [5.74, 6) is -3.13. The molecule has 13 heteroatoms. The quantitative estimate of drug-likeness (QED) is 0.259. The van der Waals surface area contributed by atoms with E-state index in [0.717, 1.165) is 16.7 Å². The van der Waals surface area contributed by atoms with E-state index in [-0.39, 0.29) is 31.5 Å². The van der Waals surface area contributed by atoms with Crippen molar-refractivity contribution in [2.75, 3.05) is 0 Å². The van der Waals surface area contributed by atoms with E-state index in [2.05, 4.69) is 0 Å². The van der Waals surface area contributed by atoms with Crippen molar-refractivity contribution in [2.45, 2.75) is 12.5 Å². The number of thiocarbonyl (C=S) groups is 1. The van der Waals surface area contributed by atoms with E-state index in [1.807, 2.05) is 0 Å². The van der Waals surface area contributed by atoms with Crippen LogP contribution in [0.3, 0.4) is 0 Å². The molecule has 0 aliphatic carbocycles. The third-order valence-electron chi connectivity index (χ3n) is 4.12. The van der Waals surface area contributed by atoms with E-state index in [1.165, 1.54) is 30.3 Å². The number of benzene rings is 1. The van der Waals surface area contributed by atoms with E-state index in [1.54, 1.807) is 6.07 Å². The Hall–Kier alpha value is -3.22. The van der Waals surface area contributed by atoms with Crippen LogP contribution in [-0.2, 0) is 14.4 Å². The lowest BCUT2D eigenvalue weighted by molar-refractivity contribution is -0.384. The Labute approximate surface area is 188 Å². The molecule has 10 nitrogen and oxygen atoms in total. The van der Waals surface area contributed by atoms with E-state index in [9.17, 15) is 29.6 Å². The molecule has 31 heavy (non-hydrogen) atoms. The van der Waals surface area contributed by atoms with Crippen molar-refractivity contribution < 1.29 is 33.9 Å². The smallest absolute Gasteiger partial charge is 0.327 e. The first-order chi connectivity index (χ1) is 14.6. The number of nitro benzene ring substituents is 1. The number of nitrogens with zero attached hydrogens (tertiary/aromatic N) is 2. The molecule has 1 fully saturated rings. The van der Waals surface area contributed by atoms with Crippen LogP contribution in [0, 0.1) is 10.1 Å². The number of halogens is 1. The highest BCUT2D eigenvalue weighted by Crippen LogP contribution is 2.36. The third-order valence-corrected chi connectivity index (χ3v) is 5.76. The fraction of sp³-hybridized carbons (Fsp3) is 0.111. The second-order valence-corrected chi connectivity index (χ2v) is 8.21. The Bertz CT molecular complexity index is 1160. The van der Waals surface area contributed by atoms with E-state index >= 15 is 0 Å². The molecular weight excluding hydrogens is 472 g/mol. The van der Waals surface area contributed by atoms with Crippen molar-refractivity contribution in [3.63, 3.8) is 0 Å². The summed E-state index contributed by atoms with van der Waals surface area (Å²) in [6, 6.07) is 5.30. The van der Waals surface area contributed by atoms with Crippen LogP contribution in [0.2, 0.25) is 5.02 Å². The molecule has 1 aliphatic rings. The first-order valence-corrected chi connectivity index (χ1v) is 9.94. The van der Waals surface area contributed by atoms with Crippen LogP contribution in [0.4, 0.5) is 5.69 Å². The first-order valence-electron chi connectivity index (χ1n) is 8.34. The number of carboxylic acids is 2. The SMILES string of the molecule is O=C(O)CC(C(=O)O)N1C(=O)/C(=C\c2ccc(-c3ccc([N+](=O)[O-])cc3Cl)o2)SC1=S. The van der Waals surface area contributed by atoms with Crippen LogP contribution in [0.25, 0.3) is 17.4 Å². The molecular formula is C18H11ClN2O8S2. The molecule has 2 aromatic rings. The maximum atomic E-state index is 12.6. The molecule has 0 radical (unpaired) electrons. The predicted octanol–water partition coefficient (Wildman–Crippen LogP) is 3.64. The predicted molar refractivity (Wildman–Crippen MR) is 114 cm³/mol. The maximum Gasteiger partial charge on any atom is 0.327 e. The number of furan rings is 1. The standard InChI is InChI=1S/C18H11ClN2O8S2/c19-11-5-8(21(27)28)1-3-10(11)13-4-2-9(29-13)6-14-16(24)20(18(30)31-14)12(17(25)26)7-15(22)23/h1-6,12H,7H2,(H,22,23)(H,25,26)/b14-6+. The Morgan fingerprint density at radius 2 is 2.03 bits per heavy atom. The minimum Gasteiger partial charge on any atom is -0.481 e. The van der Waals surface area contributed by atoms with Crippen molar-refractivity contribution >= 4 is 69.5 Å². The monoisotopic (exact) mass is 482 g/mol. The number of hydrogen-bond donors (Lipinski definition) is 2. The zero-order valence-electron chi connectivity index (χ0n) is 15.2. The molecule has 1 saturated heterocycles. The lowest BCUT2D eigenvalue weighted by Gasteiger charge is -2.21. The molecule has 1 aromatic heterocycles. The molecule has 2 heterocycles. The summed E-state index contributed by atoms with van der Waals surface area (Å²) in [5.41, 5.74) is 0.213. The second kappa shape index (κ2) is 8.88. The number of aliphatic carboxylic acids is 2. The van der Waals surface area contributed by atoms with Crippen molar-refractivity contribution in [2.24, 2.45) is 0 Å². The van der Waals surface area contributed by atoms with Gasteiger partial charge in [0.25, 0.3) is 11.6 Å². The summed E-state index contributed by atoms with van der Waals surface area (Å²) < 4.78 is 5.55. The van der Waals surface area contributed by atoms with Gasteiger partial charge in [0.05, 0.1) is 21.3 Å². The lowest BCUT2D eigenvalue weighted by atomic mass is 10.1. The fourth-order valence-corrected chi connectivity index (χ4v) is 4.33. The van der Waals surface area contributed by atoms with E-state index in [0.29, 0.717) is 5.56 Å². The minimum absolute atomic E-state index is 0.0531. The van der Waals surface area contributed by atoms with Gasteiger partial charge < -0.3 is 14.6 Å². The highest BCUT2D eigenvalue weighted by molar-refractivity contribution is 8.26. The van der Waals surface area contributed by atoms with Gasteiger partial charge in [-0.05, 0) is 18.2 Å². The van der Waals surface area contributed by atoms with Gasteiger partial charge in [0.2, 0.25) is 0 Å². The Morgan fingerprint density at radius 3 is 2.61 bits per heavy atom. The van der Waals surface area contributed by atoms with Crippen LogP contribution in [0.5, 0.6) is 0 Å². The Kier molecular flexibility index (Phi) is 6.43. The molecule has 2 N–H and O–H groups in total. The summed E-state index contributed by atoms with van der Waals surface area (Å²) >= 11 is 12.0. The van der Waals surface area contributed by atoms with Gasteiger partial charge in [0, 0.05) is 23.8 Å². The van der Waals surface area contributed by atoms with Gasteiger partial charge >= 0.3 is 11.9 Å². The number of carbonyl (C=O) groups is 3. The van der Waals surface area contributed by atoms with Crippen molar-refractivity contribution in [3.05, 3.63) is 56.1 Å². The van der Waals surface area contributed by atoms with Crippen molar-refractivity contribution in [1.82, 2.24) is 4.90 Å². The number of nitro groups is 1. The lowest BCUT2D eigenvalue weighted by Crippen LogP contribution is -2.45. The van der Waals surface area contributed by atoms with Gasteiger partial charge in [0.15, 0.2) is 0 Å². The topological polar surface area (TPSA) is 151 Å². The number of amides is 1. The molecule has 0 bridgehead atoms. The summed E-state index contributed by atoms with van der Waals surface area (Å²) in [6.07, 6.45) is 0.528. The zero-order valence-corrected chi connectivity index (χ0v) is 17.6. The van der Waals surface area contributed by atoms with E-state index < -0.39 is 35.2 Å². The molecule has 160 valence electrons. The van der Waals surface area contributed by atoms with Gasteiger partial charge in [-0.2, -0.15) is 0 Å². The van der Waals surface area contributed by atoms with Gasteiger partial charge in [-0.15, -0.1) is 0 Å². The average molecular weight is 483 g/mol. The number of carboxylic acid groups (broad SMARTS) is 2. The van der Waals surface area contributed by atoms with Crippen LogP contribution < -0.4 is 0 Å². The Balaban J connectivity index is 1.87. The van der Waals surface area contributed by atoms with Gasteiger partial charge in [-0.25, -0.2) is 4.79 Å². The molecule has 1 atom stereocenters. The highest BCUT2D eigenvalue weighted by atomic mass is 35.5. The number of rotatable bonds is 7. The van der Waals surface area contributed by atoms with Gasteiger partial charge in [-0.3, -0.25) is 24.6 Å². The first kappa shape index (κ1) is 22.5. The molecule has 3 rings (SSSR count). The normalized spacial score (nSPS) is 16.0. The van der Waals surface area contributed by atoms with Crippen LogP contribution in [-0.4, -0.2) is 48.2 Å². The summed E-state index contributed by atoms with van der Waals surface area (Å²) in [7, 11) is 0. The summed E-state index contributed by atoms with van der Waals surface area (Å²) in [6.45, 7) is 0. The van der Waals surface area contributed by atoms with Crippen molar-refractivity contribution in [3.8, 4) is 11.3 Å². The van der Waals surface area contributed by atoms with Gasteiger partial charge in [-0.1, -0.05) is 35.6 Å². The summed E-state index contributed by atoms with van der Waals surface area (Å²) in [4.78, 5) is 46.1. The Morgan fingerprint density at radius 1 is 1.32 bits per heavy atom. The highest BCUT2D eigenvalue weighted by Gasteiger charge is 2.41. The van der Waals surface area contributed by atoms with Crippen LogP contribution in [0.1, 0.15) is 12.2 Å². The number of hydrogen-bond acceptors (Lipinski definition) is 8. The largest absolute Gasteiger partial charge is 0.481 e. The maximum absolute atomic E-state index is 12.6. The molecule has 1 aliphatic heterocycles. The molecule has 1 amide bonds. The molecule has 1 unspecified atom stereocenters. The average Bonchev–Trinajstić information content (AvgIpc) is 3.24. The number of non-ortho nitro benzene ring substituents is 1. The molecule has 0 spiro atoms. The zero-order chi connectivity index (χ0) is 22.9.